The van der Waals surface area contributed by atoms with Crippen LogP contribution in [0.1, 0.15) is 70.1 Å². The summed E-state index contributed by atoms with van der Waals surface area (Å²) < 4.78 is 27.3. The van der Waals surface area contributed by atoms with Crippen LogP contribution in [-0.4, -0.2) is 46.6 Å². The summed E-state index contributed by atoms with van der Waals surface area (Å²) in [6.45, 7) is 10.3. The van der Waals surface area contributed by atoms with Gasteiger partial charge in [0.15, 0.2) is 0 Å². The maximum Gasteiger partial charge on any atom is 0.408 e. The fourth-order valence-corrected chi connectivity index (χ4v) is 4.01. The molecule has 0 atom stereocenters. The molecule has 0 aliphatic heterocycles. The molecule has 0 saturated carbocycles. The van der Waals surface area contributed by atoms with Gasteiger partial charge in [0.25, 0.3) is 0 Å². The predicted octanol–water partition coefficient (Wildman–Crippen LogP) is 6.20. The number of benzene rings is 2. The lowest BCUT2D eigenvalue weighted by atomic mass is 9.96. The SMILES string of the molecule is COc1cc(C)cc(C(C)(C)OC(=O)NCCCCCCNC(=O)OC(C)(C)c2cc(OC)cc(OC)c2)c1. The molecule has 2 aromatic carbocycles. The van der Waals surface area contributed by atoms with Crippen LogP contribution in [-0.2, 0) is 20.7 Å². The van der Waals surface area contributed by atoms with E-state index >= 15 is 0 Å². The van der Waals surface area contributed by atoms with Gasteiger partial charge >= 0.3 is 12.2 Å². The van der Waals surface area contributed by atoms with E-state index in [0.29, 0.717) is 24.6 Å². The van der Waals surface area contributed by atoms with E-state index in [2.05, 4.69) is 10.6 Å². The minimum absolute atomic E-state index is 0.457. The average Bonchev–Trinajstić information content (AvgIpc) is 2.88. The molecule has 2 rings (SSSR count). The number of hydrogen-bond donors (Lipinski definition) is 2. The van der Waals surface area contributed by atoms with Crippen LogP contribution in [0, 0.1) is 6.92 Å². The van der Waals surface area contributed by atoms with Gasteiger partial charge in [0, 0.05) is 24.7 Å². The van der Waals surface area contributed by atoms with Crippen LogP contribution in [0.15, 0.2) is 36.4 Å². The highest BCUT2D eigenvalue weighted by Gasteiger charge is 2.27. The topological polar surface area (TPSA) is 104 Å². The molecule has 0 aliphatic rings. The van der Waals surface area contributed by atoms with Crippen molar-refractivity contribution < 1.29 is 33.3 Å². The molecule has 2 aromatic rings. The van der Waals surface area contributed by atoms with E-state index in [4.69, 9.17) is 23.7 Å². The molecule has 2 amide bonds. The van der Waals surface area contributed by atoms with Gasteiger partial charge in [-0.15, -0.1) is 0 Å². The average molecular weight is 545 g/mol. The Kier molecular flexibility index (Phi) is 11.8. The normalized spacial score (nSPS) is 11.4. The first-order valence-corrected chi connectivity index (χ1v) is 13.2. The number of methoxy groups -OCH3 is 3. The van der Waals surface area contributed by atoms with Crippen LogP contribution in [0.4, 0.5) is 9.59 Å². The third kappa shape index (κ3) is 10.2. The zero-order valence-electron chi connectivity index (χ0n) is 24.6. The van der Waals surface area contributed by atoms with Crippen molar-refractivity contribution in [3.63, 3.8) is 0 Å². The molecule has 0 radical (unpaired) electrons. The zero-order valence-corrected chi connectivity index (χ0v) is 24.6. The minimum atomic E-state index is -0.869. The Balaban J connectivity index is 1.65. The number of unbranched alkanes of at least 4 members (excludes halogenated alkanes) is 3. The zero-order chi connectivity index (χ0) is 29.1. The molecule has 0 spiro atoms. The number of rotatable bonds is 14. The monoisotopic (exact) mass is 544 g/mol. The summed E-state index contributed by atoms with van der Waals surface area (Å²) in [6.07, 6.45) is 2.48. The quantitative estimate of drug-likeness (QED) is 0.273. The van der Waals surface area contributed by atoms with Gasteiger partial charge in [-0.25, -0.2) is 9.59 Å². The Bertz CT molecular complexity index is 1080. The van der Waals surface area contributed by atoms with Crippen molar-refractivity contribution in [1.82, 2.24) is 10.6 Å². The number of nitrogens with one attached hydrogen (secondary N) is 2. The summed E-state index contributed by atoms with van der Waals surface area (Å²) in [4.78, 5) is 24.7. The summed E-state index contributed by atoms with van der Waals surface area (Å²) in [6, 6.07) is 11.2. The van der Waals surface area contributed by atoms with Gasteiger partial charge in [0.05, 0.1) is 21.3 Å². The van der Waals surface area contributed by atoms with Gasteiger partial charge in [0.1, 0.15) is 28.5 Å². The molecule has 0 unspecified atom stereocenters. The fraction of sp³-hybridized carbons (Fsp3) is 0.533. The number of carbonyl (C=O) groups is 2. The lowest BCUT2D eigenvalue weighted by Crippen LogP contribution is -2.34. The number of aryl methyl sites for hydroxylation is 1. The van der Waals surface area contributed by atoms with Gasteiger partial charge in [-0.2, -0.15) is 0 Å². The molecule has 2 N–H and O–H groups in total. The van der Waals surface area contributed by atoms with Crippen molar-refractivity contribution in [2.24, 2.45) is 0 Å². The Labute approximate surface area is 232 Å². The van der Waals surface area contributed by atoms with E-state index in [1.54, 1.807) is 27.4 Å². The maximum absolute atomic E-state index is 12.4. The number of ether oxygens (including phenoxy) is 5. The summed E-state index contributed by atoms with van der Waals surface area (Å²) in [5.74, 6) is 1.98. The van der Waals surface area contributed by atoms with Crippen LogP contribution in [0.5, 0.6) is 17.2 Å². The van der Waals surface area contributed by atoms with Crippen molar-refractivity contribution >= 4 is 12.2 Å². The molecule has 0 bridgehead atoms. The lowest BCUT2D eigenvalue weighted by Gasteiger charge is -2.26. The molecular formula is C30H44N2O7. The second kappa shape index (κ2) is 14.5. The van der Waals surface area contributed by atoms with E-state index < -0.39 is 23.4 Å². The largest absolute Gasteiger partial charge is 0.497 e. The second-order valence-electron chi connectivity index (χ2n) is 10.4. The van der Waals surface area contributed by atoms with Crippen LogP contribution in [0.25, 0.3) is 0 Å². The number of alkyl carbamates (subject to hydrolysis) is 2. The number of carbonyl (C=O) groups excluding carboxylic acids is 2. The van der Waals surface area contributed by atoms with E-state index in [1.807, 2.05) is 65.0 Å². The summed E-state index contributed by atoms with van der Waals surface area (Å²) in [7, 11) is 4.77. The van der Waals surface area contributed by atoms with Gasteiger partial charge < -0.3 is 34.3 Å². The second-order valence-corrected chi connectivity index (χ2v) is 10.4. The van der Waals surface area contributed by atoms with E-state index in [0.717, 1.165) is 48.1 Å². The molecule has 216 valence electrons. The van der Waals surface area contributed by atoms with E-state index in [-0.39, 0.29) is 0 Å². The summed E-state index contributed by atoms with van der Waals surface area (Å²) >= 11 is 0. The van der Waals surface area contributed by atoms with Gasteiger partial charge in [0.2, 0.25) is 0 Å². The van der Waals surface area contributed by atoms with Crippen LogP contribution < -0.4 is 24.8 Å². The first-order valence-electron chi connectivity index (χ1n) is 13.2. The third-order valence-electron chi connectivity index (χ3n) is 6.37. The molecule has 0 aromatic heterocycles. The first kappa shape index (κ1) is 31.6. The molecule has 0 heterocycles. The fourth-order valence-electron chi connectivity index (χ4n) is 4.01. The van der Waals surface area contributed by atoms with Gasteiger partial charge in [-0.05, 0) is 82.9 Å². The Hall–Kier alpha value is -3.62. The lowest BCUT2D eigenvalue weighted by molar-refractivity contribution is 0.0351. The van der Waals surface area contributed by atoms with E-state index in [9.17, 15) is 9.59 Å². The van der Waals surface area contributed by atoms with E-state index in [1.165, 1.54) is 0 Å². The molecule has 0 saturated heterocycles. The van der Waals surface area contributed by atoms with Crippen LogP contribution >= 0.6 is 0 Å². The number of hydrogen-bond acceptors (Lipinski definition) is 7. The number of amides is 2. The highest BCUT2D eigenvalue weighted by Crippen LogP contribution is 2.32. The standard InChI is InChI=1S/C30H44N2O7/c1-21-15-22(17-24(16-21)35-6)29(2,3)38-27(33)31-13-11-9-10-12-14-32-28(34)39-30(4,5)23-18-25(36-7)20-26(19-23)37-8/h15-20H,9-14H2,1-8H3,(H,31,33)(H,32,34). The summed E-state index contributed by atoms with van der Waals surface area (Å²) in [5.41, 5.74) is 1.00. The Morgan fingerprint density at radius 1 is 0.615 bits per heavy atom. The first-order chi connectivity index (χ1) is 18.4. The van der Waals surface area contributed by atoms with Crippen LogP contribution in [0.3, 0.4) is 0 Å². The molecule has 0 fully saturated rings. The molecule has 9 heteroatoms. The van der Waals surface area contributed by atoms with Crippen molar-refractivity contribution in [3.05, 3.63) is 53.1 Å². The molecular weight excluding hydrogens is 500 g/mol. The Morgan fingerprint density at radius 3 is 1.41 bits per heavy atom. The Morgan fingerprint density at radius 2 is 1.00 bits per heavy atom. The predicted molar refractivity (Wildman–Crippen MR) is 151 cm³/mol. The summed E-state index contributed by atoms with van der Waals surface area (Å²) in [5, 5.41) is 5.62. The van der Waals surface area contributed by atoms with Crippen molar-refractivity contribution in [2.75, 3.05) is 34.4 Å². The van der Waals surface area contributed by atoms with Gasteiger partial charge in [-0.1, -0.05) is 18.9 Å². The maximum atomic E-state index is 12.4. The molecule has 39 heavy (non-hydrogen) atoms. The van der Waals surface area contributed by atoms with Gasteiger partial charge in [-0.3, -0.25) is 0 Å². The molecule has 0 aliphatic carbocycles. The minimum Gasteiger partial charge on any atom is -0.497 e. The highest BCUT2D eigenvalue weighted by molar-refractivity contribution is 5.68. The third-order valence-corrected chi connectivity index (χ3v) is 6.37. The smallest absolute Gasteiger partial charge is 0.408 e. The highest BCUT2D eigenvalue weighted by atomic mass is 16.6. The van der Waals surface area contributed by atoms with Crippen LogP contribution in [0.2, 0.25) is 0 Å². The molecule has 9 nitrogen and oxygen atoms in total. The van der Waals surface area contributed by atoms with Crippen molar-refractivity contribution in [2.45, 2.75) is 71.5 Å². The van der Waals surface area contributed by atoms with Crippen molar-refractivity contribution in [1.29, 1.82) is 0 Å². The van der Waals surface area contributed by atoms with Crippen molar-refractivity contribution in [3.8, 4) is 17.2 Å².